The van der Waals surface area contributed by atoms with E-state index in [4.69, 9.17) is 0 Å². The van der Waals surface area contributed by atoms with Gasteiger partial charge in [-0.15, -0.1) is 0 Å². The van der Waals surface area contributed by atoms with E-state index < -0.39 is 0 Å². The summed E-state index contributed by atoms with van der Waals surface area (Å²) in [6.45, 7) is 9.53. The standard InChI is InChI=1S/C19H37N/c1-4-16-10-11-18(14-20-13-15(2)3)19(12-16)17-8-6-5-7-9-17/h15-20H,4-14H2,1-3H3. The summed E-state index contributed by atoms with van der Waals surface area (Å²) in [5.74, 6) is 4.88. The Balaban J connectivity index is 1.88. The monoisotopic (exact) mass is 279 g/mol. The SMILES string of the molecule is CCC1CCC(CNCC(C)C)C(C2CCCCC2)C1. The van der Waals surface area contributed by atoms with Gasteiger partial charge in [-0.25, -0.2) is 0 Å². The molecule has 0 aromatic heterocycles. The van der Waals surface area contributed by atoms with E-state index in [2.05, 4.69) is 26.1 Å². The van der Waals surface area contributed by atoms with Gasteiger partial charge in [0.05, 0.1) is 0 Å². The third-order valence-electron chi connectivity index (χ3n) is 5.95. The lowest BCUT2D eigenvalue weighted by Gasteiger charge is -2.42. The lowest BCUT2D eigenvalue weighted by Crippen LogP contribution is -2.38. The van der Waals surface area contributed by atoms with Crippen LogP contribution in [0.4, 0.5) is 0 Å². The molecule has 118 valence electrons. The minimum atomic E-state index is 0.787. The van der Waals surface area contributed by atoms with Crippen molar-refractivity contribution in [3.05, 3.63) is 0 Å². The van der Waals surface area contributed by atoms with Crippen LogP contribution in [-0.4, -0.2) is 13.1 Å². The van der Waals surface area contributed by atoms with Crippen LogP contribution in [0.1, 0.15) is 78.6 Å². The zero-order chi connectivity index (χ0) is 14.4. The highest BCUT2D eigenvalue weighted by atomic mass is 14.9. The maximum atomic E-state index is 3.76. The van der Waals surface area contributed by atoms with Crippen LogP contribution in [0.3, 0.4) is 0 Å². The molecule has 0 aromatic carbocycles. The Morgan fingerprint density at radius 2 is 1.75 bits per heavy atom. The fourth-order valence-corrected chi connectivity index (χ4v) is 4.68. The minimum absolute atomic E-state index is 0.787. The van der Waals surface area contributed by atoms with Crippen molar-refractivity contribution in [1.82, 2.24) is 5.32 Å². The number of hydrogen-bond donors (Lipinski definition) is 1. The van der Waals surface area contributed by atoms with Crippen molar-refractivity contribution in [2.45, 2.75) is 78.6 Å². The van der Waals surface area contributed by atoms with Gasteiger partial charge in [-0.05, 0) is 55.5 Å². The minimum Gasteiger partial charge on any atom is -0.316 e. The summed E-state index contributed by atoms with van der Waals surface area (Å²) in [5.41, 5.74) is 0. The van der Waals surface area contributed by atoms with Crippen molar-refractivity contribution in [1.29, 1.82) is 0 Å². The van der Waals surface area contributed by atoms with E-state index in [1.54, 1.807) is 0 Å². The van der Waals surface area contributed by atoms with Gasteiger partial charge in [0.1, 0.15) is 0 Å². The molecular weight excluding hydrogens is 242 g/mol. The van der Waals surface area contributed by atoms with Gasteiger partial charge in [0.2, 0.25) is 0 Å². The first-order valence-corrected chi connectivity index (χ1v) is 9.41. The van der Waals surface area contributed by atoms with E-state index in [1.165, 1.54) is 70.9 Å². The summed E-state index contributed by atoms with van der Waals surface area (Å²) >= 11 is 0. The molecule has 0 amide bonds. The number of hydrogen-bond acceptors (Lipinski definition) is 1. The van der Waals surface area contributed by atoms with Gasteiger partial charge in [0.15, 0.2) is 0 Å². The molecule has 0 aliphatic heterocycles. The molecule has 0 aromatic rings. The molecule has 0 radical (unpaired) electrons. The molecule has 0 saturated heterocycles. The molecule has 2 rings (SSSR count). The van der Waals surface area contributed by atoms with E-state index in [9.17, 15) is 0 Å². The zero-order valence-corrected chi connectivity index (χ0v) is 14.2. The van der Waals surface area contributed by atoms with Crippen molar-refractivity contribution >= 4 is 0 Å². The lowest BCUT2D eigenvalue weighted by atomic mass is 9.65. The van der Waals surface area contributed by atoms with Crippen molar-refractivity contribution in [2.24, 2.45) is 29.6 Å². The predicted octanol–water partition coefficient (Wildman–Crippen LogP) is 5.25. The molecular formula is C19H37N. The smallest absolute Gasteiger partial charge is 0.00176 e. The van der Waals surface area contributed by atoms with Crippen LogP contribution in [0.2, 0.25) is 0 Å². The second-order valence-electron chi connectivity index (χ2n) is 7.96. The third-order valence-corrected chi connectivity index (χ3v) is 5.95. The Kier molecular flexibility index (Phi) is 6.87. The average Bonchev–Trinajstić information content (AvgIpc) is 2.48. The van der Waals surface area contributed by atoms with Gasteiger partial charge in [-0.2, -0.15) is 0 Å². The van der Waals surface area contributed by atoms with Gasteiger partial charge >= 0.3 is 0 Å². The van der Waals surface area contributed by atoms with Gasteiger partial charge in [0, 0.05) is 0 Å². The first-order valence-electron chi connectivity index (χ1n) is 9.41. The summed E-state index contributed by atoms with van der Waals surface area (Å²) in [4.78, 5) is 0. The maximum absolute atomic E-state index is 3.76. The van der Waals surface area contributed by atoms with E-state index in [0.29, 0.717) is 0 Å². The van der Waals surface area contributed by atoms with Crippen LogP contribution < -0.4 is 5.32 Å². The van der Waals surface area contributed by atoms with Crippen LogP contribution >= 0.6 is 0 Å². The topological polar surface area (TPSA) is 12.0 Å². The molecule has 1 N–H and O–H groups in total. The van der Waals surface area contributed by atoms with Gasteiger partial charge in [0.25, 0.3) is 0 Å². The normalized spacial score (nSPS) is 32.7. The molecule has 2 aliphatic carbocycles. The number of nitrogens with one attached hydrogen (secondary N) is 1. The molecule has 3 unspecified atom stereocenters. The Hall–Kier alpha value is -0.0400. The first kappa shape index (κ1) is 16.3. The molecule has 0 spiro atoms. The van der Waals surface area contributed by atoms with E-state index in [1.807, 2.05) is 0 Å². The summed E-state index contributed by atoms with van der Waals surface area (Å²) in [5, 5.41) is 3.76. The highest BCUT2D eigenvalue weighted by Crippen LogP contribution is 2.44. The van der Waals surface area contributed by atoms with Crippen LogP contribution in [0.5, 0.6) is 0 Å². The second kappa shape index (κ2) is 8.41. The summed E-state index contributed by atoms with van der Waals surface area (Å²) < 4.78 is 0. The van der Waals surface area contributed by atoms with E-state index in [0.717, 1.165) is 29.6 Å². The quantitative estimate of drug-likeness (QED) is 0.700. The molecule has 3 atom stereocenters. The number of rotatable bonds is 6. The molecule has 0 bridgehead atoms. The molecule has 2 aliphatic rings. The molecule has 20 heavy (non-hydrogen) atoms. The Morgan fingerprint density at radius 1 is 1.00 bits per heavy atom. The van der Waals surface area contributed by atoms with Gasteiger partial charge in [-0.3, -0.25) is 0 Å². The predicted molar refractivity (Wildman–Crippen MR) is 88.9 cm³/mol. The van der Waals surface area contributed by atoms with E-state index >= 15 is 0 Å². The summed E-state index contributed by atoms with van der Waals surface area (Å²) in [6, 6.07) is 0. The highest BCUT2D eigenvalue weighted by molar-refractivity contribution is 4.86. The summed E-state index contributed by atoms with van der Waals surface area (Å²) in [7, 11) is 0. The molecule has 2 fully saturated rings. The lowest BCUT2D eigenvalue weighted by molar-refractivity contribution is 0.0932. The Labute approximate surface area is 127 Å². The fourth-order valence-electron chi connectivity index (χ4n) is 4.68. The fraction of sp³-hybridized carbons (Fsp3) is 1.00. The maximum Gasteiger partial charge on any atom is -0.00176 e. The Morgan fingerprint density at radius 3 is 2.40 bits per heavy atom. The van der Waals surface area contributed by atoms with Crippen LogP contribution in [0.25, 0.3) is 0 Å². The third kappa shape index (κ3) is 4.76. The molecule has 1 heteroatoms. The highest BCUT2D eigenvalue weighted by Gasteiger charge is 2.35. The Bertz CT molecular complexity index is 254. The largest absolute Gasteiger partial charge is 0.316 e. The van der Waals surface area contributed by atoms with Crippen molar-refractivity contribution in [3.8, 4) is 0 Å². The van der Waals surface area contributed by atoms with Crippen molar-refractivity contribution in [3.63, 3.8) is 0 Å². The van der Waals surface area contributed by atoms with Crippen molar-refractivity contribution in [2.75, 3.05) is 13.1 Å². The zero-order valence-electron chi connectivity index (χ0n) is 14.2. The molecule has 1 nitrogen and oxygen atoms in total. The van der Waals surface area contributed by atoms with Crippen molar-refractivity contribution < 1.29 is 0 Å². The van der Waals surface area contributed by atoms with Gasteiger partial charge in [-0.1, -0.05) is 65.7 Å². The van der Waals surface area contributed by atoms with Crippen LogP contribution in [0.15, 0.2) is 0 Å². The van der Waals surface area contributed by atoms with Crippen LogP contribution in [-0.2, 0) is 0 Å². The average molecular weight is 280 g/mol. The molecule has 2 saturated carbocycles. The van der Waals surface area contributed by atoms with Crippen LogP contribution in [0, 0.1) is 29.6 Å². The van der Waals surface area contributed by atoms with Gasteiger partial charge < -0.3 is 5.32 Å². The second-order valence-corrected chi connectivity index (χ2v) is 7.96. The first-order chi connectivity index (χ1) is 9.70. The summed E-state index contributed by atoms with van der Waals surface area (Å²) in [6.07, 6.45) is 13.5. The molecule has 0 heterocycles. The van der Waals surface area contributed by atoms with E-state index in [-0.39, 0.29) is 0 Å².